The molecular weight excluding hydrogens is 555 g/mol. The first-order valence-electron chi connectivity index (χ1n) is 9.51. The summed E-state index contributed by atoms with van der Waals surface area (Å²) >= 11 is 10.4. The lowest BCUT2D eigenvalue weighted by molar-refractivity contribution is 0.107. The van der Waals surface area contributed by atoms with E-state index >= 15 is 0 Å². The number of nitrogens with two attached hydrogens (primary N) is 2. The van der Waals surface area contributed by atoms with Crippen molar-refractivity contribution in [3.63, 3.8) is 0 Å². The van der Waals surface area contributed by atoms with Crippen molar-refractivity contribution in [3.05, 3.63) is 82.9 Å². The summed E-state index contributed by atoms with van der Waals surface area (Å²) in [6.45, 7) is 0. The average Bonchev–Trinajstić information content (AvgIpc) is 2.78. The lowest BCUT2D eigenvalue weighted by Gasteiger charge is -2.06. The molecular formula is C22H18Cl2N2O8S2. The Morgan fingerprint density at radius 2 is 0.944 bits per heavy atom. The SMILES string of the molecule is Nc1ccc(C=Cc2ccc(N)cc2S(=O)(=O)O)c(S(=O)(=O)O)c1.O=C(Cl)c1ccc(C(=O)Cl)cc1. The molecule has 0 aliphatic carbocycles. The molecule has 3 rings (SSSR count). The zero-order valence-corrected chi connectivity index (χ0v) is 21.1. The summed E-state index contributed by atoms with van der Waals surface area (Å²) in [4.78, 5) is 20.3. The minimum absolute atomic E-state index is 0.0878. The fourth-order valence-corrected chi connectivity index (χ4v) is 4.43. The summed E-state index contributed by atoms with van der Waals surface area (Å²) in [6, 6.07) is 13.5. The lowest BCUT2D eigenvalue weighted by atomic mass is 10.1. The topological polar surface area (TPSA) is 195 Å². The molecule has 0 saturated heterocycles. The van der Waals surface area contributed by atoms with Crippen LogP contribution in [0.3, 0.4) is 0 Å². The van der Waals surface area contributed by atoms with Gasteiger partial charge in [0.25, 0.3) is 30.7 Å². The molecule has 3 aromatic rings. The number of rotatable bonds is 6. The Morgan fingerprint density at radius 1 is 0.639 bits per heavy atom. The Balaban J connectivity index is 0.000000319. The zero-order valence-electron chi connectivity index (χ0n) is 18.0. The smallest absolute Gasteiger partial charge is 0.295 e. The van der Waals surface area contributed by atoms with Crippen molar-refractivity contribution in [1.82, 2.24) is 0 Å². The van der Waals surface area contributed by atoms with Gasteiger partial charge in [-0.1, -0.05) is 24.3 Å². The highest BCUT2D eigenvalue weighted by Crippen LogP contribution is 2.24. The summed E-state index contributed by atoms with van der Waals surface area (Å²) in [5.41, 5.74) is 12.1. The van der Waals surface area contributed by atoms with Gasteiger partial charge in [-0.05, 0) is 82.9 Å². The largest absolute Gasteiger partial charge is 0.399 e. The third-order valence-corrected chi connectivity index (χ3v) is 6.67. The number of halogens is 2. The number of carbonyl (C=O) groups is 2. The van der Waals surface area contributed by atoms with Gasteiger partial charge in [0.15, 0.2) is 0 Å². The normalized spacial score (nSPS) is 11.6. The van der Waals surface area contributed by atoms with Crippen LogP contribution in [0.1, 0.15) is 31.8 Å². The van der Waals surface area contributed by atoms with Gasteiger partial charge in [0.1, 0.15) is 9.79 Å². The molecule has 0 heterocycles. The van der Waals surface area contributed by atoms with Gasteiger partial charge in [-0.2, -0.15) is 16.8 Å². The molecule has 0 spiro atoms. The van der Waals surface area contributed by atoms with Crippen molar-refractivity contribution in [2.45, 2.75) is 9.79 Å². The Hall–Kier alpha value is -3.26. The quantitative estimate of drug-likeness (QED) is 0.145. The Kier molecular flexibility index (Phi) is 9.38. The predicted octanol–water partition coefficient (Wildman–Crippen LogP) is 3.96. The number of hydrogen-bond acceptors (Lipinski definition) is 8. The molecule has 0 atom stereocenters. The van der Waals surface area contributed by atoms with Crippen LogP contribution in [0.25, 0.3) is 12.2 Å². The van der Waals surface area contributed by atoms with Crippen molar-refractivity contribution < 1.29 is 35.5 Å². The molecule has 36 heavy (non-hydrogen) atoms. The first kappa shape index (κ1) is 29.0. The predicted molar refractivity (Wildman–Crippen MR) is 137 cm³/mol. The van der Waals surface area contributed by atoms with Crippen LogP contribution in [0.15, 0.2) is 70.5 Å². The van der Waals surface area contributed by atoms with Crippen LogP contribution in [0.2, 0.25) is 0 Å². The second kappa shape index (κ2) is 11.6. The van der Waals surface area contributed by atoms with E-state index < -0.39 is 40.5 Å². The Bertz CT molecular complexity index is 1440. The summed E-state index contributed by atoms with van der Waals surface area (Å²) in [7, 11) is -9.05. The maximum Gasteiger partial charge on any atom is 0.295 e. The van der Waals surface area contributed by atoms with E-state index in [1.807, 2.05) is 0 Å². The summed E-state index contributed by atoms with van der Waals surface area (Å²) in [5.74, 6) is 0. The third kappa shape index (κ3) is 8.16. The van der Waals surface area contributed by atoms with Gasteiger partial charge in [-0.3, -0.25) is 18.7 Å². The molecule has 0 aliphatic rings. The minimum Gasteiger partial charge on any atom is -0.399 e. The highest BCUT2D eigenvalue weighted by molar-refractivity contribution is 7.86. The number of benzene rings is 3. The van der Waals surface area contributed by atoms with E-state index in [1.165, 1.54) is 60.7 Å². The minimum atomic E-state index is -4.52. The molecule has 3 aromatic carbocycles. The fraction of sp³-hybridized carbons (Fsp3) is 0. The molecule has 6 N–H and O–H groups in total. The van der Waals surface area contributed by atoms with Crippen LogP contribution in [0, 0.1) is 0 Å². The molecule has 0 radical (unpaired) electrons. The van der Waals surface area contributed by atoms with Gasteiger partial charge >= 0.3 is 0 Å². The summed E-state index contributed by atoms with van der Waals surface area (Å²) in [6.07, 6.45) is 2.53. The molecule has 0 unspecified atom stereocenters. The van der Waals surface area contributed by atoms with Crippen molar-refractivity contribution in [3.8, 4) is 0 Å². The van der Waals surface area contributed by atoms with E-state index in [9.17, 15) is 35.5 Å². The summed E-state index contributed by atoms with van der Waals surface area (Å²) in [5, 5.41) is -1.10. The monoisotopic (exact) mass is 572 g/mol. The fourth-order valence-electron chi connectivity index (χ4n) is 2.74. The molecule has 10 nitrogen and oxygen atoms in total. The standard InChI is InChI=1S/C14H14N2O6S2.C8H4Cl2O2/c15-11-5-3-9(13(7-11)23(17,18)19)1-2-10-4-6-12(16)8-14(10)24(20,21)22;9-7(11)5-1-2-6(4-3-5)8(10)12/h1-8H,15-16H2,(H,17,18,19)(H,20,21,22);1-4H. The maximum absolute atomic E-state index is 11.4. The molecule has 0 aromatic heterocycles. The van der Waals surface area contributed by atoms with E-state index in [0.717, 1.165) is 12.1 Å². The highest BCUT2D eigenvalue weighted by atomic mass is 35.5. The third-order valence-electron chi connectivity index (χ3n) is 4.41. The second-order valence-corrected chi connectivity index (χ2v) is 10.5. The molecule has 0 saturated carbocycles. The van der Waals surface area contributed by atoms with E-state index in [-0.39, 0.29) is 22.5 Å². The van der Waals surface area contributed by atoms with E-state index in [4.69, 9.17) is 34.7 Å². The first-order valence-corrected chi connectivity index (χ1v) is 13.1. The molecule has 190 valence electrons. The van der Waals surface area contributed by atoms with Gasteiger partial charge in [-0.15, -0.1) is 0 Å². The molecule has 0 aliphatic heterocycles. The highest BCUT2D eigenvalue weighted by Gasteiger charge is 2.16. The van der Waals surface area contributed by atoms with E-state index in [1.54, 1.807) is 0 Å². The Morgan fingerprint density at radius 3 is 1.19 bits per heavy atom. The van der Waals surface area contributed by atoms with Crippen LogP contribution in [-0.4, -0.2) is 36.4 Å². The van der Waals surface area contributed by atoms with Crippen LogP contribution in [0.5, 0.6) is 0 Å². The molecule has 0 bridgehead atoms. The maximum atomic E-state index is 11.4. The zero-order chi connectivity index (χ0) is 27.3. The second-order valence-electron chi connectivity index (χ2n) is 7.00. The van der Waals surface area contributed by atoms with Crippen LogP contribution < -0.4 is 11.5 Å². The van der Waals surface area contributed by atoms with Crippen molar-refractivity contribution >= 4 is 77.4 Å². The van der Waals surface area contributed by atoms with Crippen LogP contribution in [0.4, 0.5) is 11.4 Å². The van der Waals surface area contributed by atoms with Crippen molar-refractivity contribution in [1.29, 1.82) is 0 Å². The number of nitrogen functional groups attached to an aromatic ring is 2. The van der Waals surface area contributed by atoms with Gasteiger partial charge in [-0.25, -0.2) is 0 Å². The van der Waals surface area contributed by atoms with E-state index in [0.29, 0.717) is 11.1 Å². The van der Waals surface area contributed by atoms with Gasteiger partial charge in [0.2, 0.25) is 0 Å². The lowest BCUT2D eigenvalue weighted by Crippen LogP contribution is -2.03. The number of hydrogen-bond donors (Lipinski definition) is 4. The average molecular weight is 573 g/mol. The molecule has 0 fully saturated rings. The van der Waals surface area contributed by atoms with Crippen molar-refractivity contribution in [2.24, 2.45) is 0 Å². The summed E-state index contributed by atoms with van der Waals surface area (Å²) < 4.78 is 64.1. The van der Waals surface area contributed by atoms with Gasteiger partial charge in [0.05, 0.1) is 0 Å². The van der Waals surface area contributed by atoms with E-state index in [2.05, 4.69) is 0 Å². The molecule has 0 amide bonds. The van der Waals surface area contributed by atoms with Crippen LogP contribution in [-0.2, 0) is 20.2 Å². The van der Waals surface area contributed by atoms with Crippen molar-refractivity contribution in [2.75, 3.05) is 11.5 Å². The molecule has 14 heteroatoms. The number of anilines is 2. The number of carbonyl (C=O) groups excluding carboxylic acids is 2. The van der Waals surface area contributed by atoms with Crippen LogP contribution >= 0.6 is 23.2 Å². The van der Waals surface area contributed by atoms with Gasteiger partial charge in [0, 0.05) is 22.5 Å². The Labute approximate surface area is 216 Å². The van der Waals surface area contributed by atoms with Gasteiger partial charge < -0.3 is 11.5 Å². The first-order chi connectivity index (χ1) is 16.6.